The molecular formula is C10H21NO5S. The molecule has 0 fully saturated rings. The molecule has 0 aromatic heterocycles. The van der Waals surface area contributed by atoms with Gasteiger partial charge in [0, 0.05) is 13.5 Å². The van der Waals surface area contributed by atoms with Crippen molar-refractivity contribution in [2.75, 3.05) is 19.5 Å². The third-order valence-corrected chi connectivity index (χ3v) is 2.68. The van der Waals surface area contributed by atoms with Gasteiger partial charge in [-0.15, -0.1) is 0 Å². The van der Waals surface area contributed by atoms with Gasteiger partial charge < -0.3 is 25.4 Å². The largest absolute Gasteiger partial charge is 0.394 e. The van der Waals surface area contributed by atoms with E-state index in [1.165, 1.54) is 7.11 Å². The van der Waals surface area contributed by atoms with Crippen LogP contribution in [0.5, 0.6) is 0 Å². The second-order valence-corrected chi connectivity index (χ2v) is 4.21. The number of thiol groups is 1. The minimum atomic E-state index is -1.27. The minimum Gasteiger partial charge on any atom is -0.394 e. The smallest absolute Gasteiger partial charge is 0.221 e. The van der Waals surface area contributed by atoms with Gasteiger partial charge in [-0.1, -0.05) is 0 Å². The maximum Gasteiger partial charge on any atom is 0.221 e. The van der Waals surface area contributed by atoms with Gasteiger partial charge in [0.2, 0.25) is 5.91 Å². The molecule has 0 saturated heterocycles. The number of carbonyl (C=O) groups is 1. The first-order chi connectivity index (χ1) is 7.97. The molecule has 7 heteroatoms. The maximum atomic E-state index is 11.3. The Balaban J connectivity index is 4.27. The van der Waals surface area contributed by atoms with E-state index in [0.717, 1.165) is 0 Å². The highest BCUT2D eigenvalue weighted by molar-refractivity contribution is 7.80. The molecule has 0 bridgehead atoms. The first-order valence-corrected chi connectivity index (χ1v) is 6.01. The van der Waals surface area contributed by atoms with E-state index in [1.54, 1.807) is 6.92 Å². The summed E-state index contributed by atoms with van der Waals surface area (Å²) in [6, 6.07) is -0.637. The van der Waals surface area contributed by atoms with Crippen LogP contribution in [0.1, 0.15) is 13.3 Å². The zero-order valence-electron chi connectivity index (χ0n) is 10.0. The molecule has 1 amide bonds. The van der Waals surface area contributed by atoms with E-state index >= 15 is 0 Å². The normalized spacial score (nSPS) is 18.2. The Morgan fingerprint density at radius 3 is 2.41 bits per heavy atom. The molecule has 0 aromatic carbocycles. The van der Waals surface area contributed by atoms with E-state index in [-0.39, 0.29) is 12.3 Å². The lowest BCUT2D eigenvalue weighted by molar-refractivity contribution is -0.125. The number of hydrogen-bond donors (Lipinski definition) is 5. The second kappa shape index (κ2) is 8.71. The summed E-state index contributed by atoms with van der Waals surface area (Å²) in [5, 5.41) is 30.9. The summed E-state index contributed by atoms with van der Waals surface area (Å²) in [4.78, 5) is 11.3. The van der Waals surface area contributed by atoms with Gasteiger partial charge in [-0.3, -0.25) is 4.79 Å². The van der Waals surface area contributed by atoms with Gasteiger partial charge in [-0.2, -0.15) is 12.6 Å². The molecule has 4 atom stereocenters. The van der Waals surface area contributed by atoms with Crippen molar-refractivity contribution >= 4 is 18.5 Å². The van der Waals surface area contributed by atoms with Crippen molar-refractivity contribution in [3.63, 3.8) is 0 Å². The minimum absolute atomic E-state index is 0.240. The number of aliphatic hydroxyl groups excluding tert-OH is 3. The molecule has 4 N–H and O–H groups in total. The van der Waals surface area contributed by atoms with Crippen molar-refractivity contribution in [2.45, 2.75) is 37.7 Å². The van der Waals surface area contributed by atoms with Gasteiger partial charge in [-0.05, 0) is 12.7 Å². The third-order valence-electron chi connectivity index (χ3n) is 2.45. The average Bonchev–Trinajstić information content (AvgIpc) is 2.29. The molecule has 6 nitrogen and oxygen atoms in total. The molecule has 0 saturated carbocycles. The van der Waals surface area contributed by atoms with E-state index < -0.39 is 31.0 Å². The molecule has 0 aliphatic carbocycles. The first kappa shape index (κ1) is 16.7. The summed E-state index contributed by atoms with van der Waals surface area (Å²) in [6.07, 6.45) is -3.12. The highest BCUT2D eigenvalue weighted by atomic mass is 32.1. The number of amides is 1. The fourth-order valence-electron chi connectivity index (χ4n) is 1.35. The van der Waals surface area contributed by atoms with E-state index in [9.17, 15) is 15.0 Å². The predicted octanol–water partition coefficient (Wildman–Crippen LogP) is -1.46. The van der Waals surface area contributed by atoms with Crippen molar-refractivity contribution in [1.82, 2.24) is 5.32 Å². The Morgan fingerprint density at radius 1 is 1.41 bits per heavy atom. The van der Waals surface area contributed by atoms with Crippen molar-refractivity contribution in [3.8, 4) is 0 Å². The lowest BCUT2D eigenvalue weighted by atomic mass is 10.0. The monoisotopic (exact) mass is 267 g/mol. The first-order valence-electron chi connectivity index (χ1n) is 5.37. The summed E-state index contributed by atoms with van der Waals surface area (Å²) in [6.45, 7) is 1.15. The van der Waals surface area contributed by atoms with E-state index in [0.29, 0.717) is 5.75 Å². The molecular weight excluding hydrogens is 246 g/mol. The zero-order valence-corrected chi connectivity index (χ0v) is 10.9. The van der Waals surface area contributed by atoms with Crippen LogP contribution < -0.4 is 5.32 Å². The molecule has 17 heavy (non-hydrogen) atoms. The summed E-state index contributed by atoms with van der Waals surface area (Å²) < 4.78 is 4.80. The summed E-state index contributed by atoms with van der Waals surface area (Å²) in [7, 11) is 1.32. The van der Waals surface area contributed by atoms with Crippen LogP contribution in [0.25, 0.3) is 0 Å². The van der Waals surface area contributed by atoms with Crippen LogP contribution in [-0.2, 0) is 9.53 Å². The van der Waals surface area contributed by atoms with Gasteiger partial charge in [0.25, 0.3) is 0 Å². The van der Waals surface area contributed by atoms with Crippen molar-refractivity contribution in [3.05, 3.63) is 0 Å². The zero-order chi connectivity index (χ0) is 13.4. The average molecular weight is 267 g/mol. The molecule has 0 aliphatic rings. The number of rotatable bonds is 8. The lowest BCUT2D eigenvalue weighted by Crippen LogP contribution is -2.51. The topological polar surface area (TPSA) is 99.0 Å². The van der Waals surface area contributed by atoms with Crippen molar-refractivity contribution in [2.24, 2.45) is 0 Å². The molecule has 0 aliphatic heterocycles. The van der Waals surface area contributed by atoms with Crippen LogP contribution in [-0.4, -0.2) is 65.1 Å². The van der Waals surface area contributed by atoms with E-state index in [1.807, 2.05) is 0 Å². The Labute approximate surface area is 106 Å². The molecule has 102 valence electrons. The SMILES string of the molecule is COC(CO)C(O)C(O)[C@@H](C)NC(=O)CCS. The number of carbonyl (C=O) groups excluding carboxylic acids is 1. The summed E-state index contributed by atoms with van der Waals surface area (Å²) in [5.41, 5.74) is 0. The van der Waals surface area contributed by atoms with Gasteiger partial charge in [0.15, 0.2) is 0 Å². The van der Waals surface area contributed by atoms with Gasteiger partial charge >= 0.3 is 0 Å². The Hall–Kier alpha value is -0.340. The highest BCUT2D eigenvalue weighted by Crippen LogP contribution is 2.07. The number of aliphatic hydroxyl groups is 3. The Bertz CT molecular complexity index is 225. The van der Waals surface area contributed by atoms with Gasteiger partial charge in [0.05, 0.1) is 12.6 Å². The van der Waals surface area contributed by atoms with Crippen LogP contribution in [0.4, 0.5) is 0 Å². The molecule has 3 unspecified atom stereocenters. The summed E-state index contributed by atoms with van der Waals surface area (Å²) in [5.74, 6) is 0.158. The van der Waals surface area contributed by atoms with Crippen molar-refractivity contribution in [1.29, 1.82) is 0 Å². The van der Waals surface area contributed by atoms with Crippen LogP contribution >= 0.6 is 12.6 Å². The van der Waals surface area contributed by atoms with Gasteiger partial charge in [0.1, 0.15) is 18.3 Å². The standard InChI is InChI=1S/C10H21NO5S/c1-6(11-8(13)3-4-17)9(14)10(15)7(5-12)16-2/h6-7,9-10,12,14-15,17H,3-5H2,1-2H3,(H,11,13)/t6-,7?,9?,10?/m1/s1. The third kappa shape index (κ3) is 5.69. The van der Waals surface area contributed by atoms with Crippen LogP contribution in [0.3, 0.4) is 0 Å². The quantitative estimate of drug-likeness (QED) is 0.346. The van der Waals surface area contributed by atoms with E-state index in [2.05, 4.69) is 17.9 Å². The lowest BCUT2D eigenvalue weighted by Gasteiger charge is -2.28. The van der Waals surface area contributed by atoms with Crippen LogP contribution in [0.2, 0.25) is 0 Å². The number of hydrogen-bond acceptors (Lipinski definition) is 6. The highest BCUT2D eigenvalue weighted by Gasteiger charge is 2.30. The van der Waals surface area contributed by atoms with Gasteiger partial charge in [-0.25, -0.2) is 0 Å². The molecule has 0 radical (unpaired) electrons. The van der Waals surface area contributed by atoms with Crippen LogP contribution in [0, 0.1) is 0 Å². The fourth-order valence-corrected chi connectivity index (χ4v) is 1.55. The van der Waals surface area contributed by atoms with Crippen LogP contribution in [0.15, 0.2) is 0 Å². The Kier molecular flexibility index (Phi) is 8.53. The molecule has 0 aromatic rings. The van der Waals surface area contributed by atoms with Crippen molar-refractivity contribution < 1.29 is 24.9 Å². The summed E-state index contributed by atoms with van der Waals surface area (Å²) >= 11 is 3.91. The van der Waals surface area contributed by atoms with E-state index in [4.69, 9.17) is 9.84 Å². The fraction of sp³-hybridized carbons (Fsp3) is 0.900. The molecule has 0 spiro atoms. The maximum absolute atomic E-state index is 11.3. The number of ether oxygens (including phenoxy) is 1. The number of nitrogens with one attached hydrogen (secondary N) is 1. The second-order valence-electron chi connectivity index (χ2n) is 3.77. The number of methoxy groups -OCH3 is 1. The molecule has 0 heterocycles. The predicted molar refractivity (Wildman–Crippen MR) is 66.0 cm³/mol. The molecule has 0 rings (SSSR count). The Morgan fingerprint density at radius 2 is 2.00 bits per heavy atom.